The number of rotatable bonds is 11. The summed E-state index contributed by atoms with van der Waals surface area (Å²) in [5.41, 5.74) is 1.67. The van der Waals surface area contributed by atoms with Gasteiger partial charge in [-0.2, -0.15) is 0 Å². The number of hydrogen-bond acceptors (Lipinski definition) is 4. The van der Waals surface area contributed by atoms with Crippen molar-refractivity contribution in [2.75, 3.05) is 17.4 Å². The fourth-order valence-corrected chi connectivity index (χ4v) is 5.72. The normalized spacial score (nSPS) is 12.2. The van der Waals surface area contributed by atoms with Crippen LogP contribution in [0.25, 0.3) is 0 Å². The first kappa shape index (κ1) is 31.4. The fraction of sp³-hybridized carbons (Fsp3) is 0.310. The lowest BCUT2D eigenvalue weighted by Gasteiger charge is -2.32. The van der Waals surface area contributed by atoms with Crippen molar-refractivity contribution in [1.29, 1.82) is 0 Å². The summed E-state index contributed by atoms with van der Waals surface area (Å²) in [6.45, 7) is 7.04. The second-order valence-electron chi connectivity index (χ2n) is 9.87. The van der Waals surface area contributed by atoms with Crippen LogP contribution in [0.1, 0.15) is 31.9 Å². The number of nitrogens with zero attached hydrogens (tertiary/aromatic N) is 2. The van der Waals surface area contributed by atoms with E-state index in [1.165, 1.54) is 11.0 Å². The van der Waals surface area contributed by atoms with Gasteiger partial charge in [-0.25, -0.2) is 12.8 Å². The molecule has 0 saturated carbocycles. The summed E-state index contributed by atoms with van der Waals surface area (Å²) in [6.07, 6.45) is 0. The van der Waals surface area contributed by atoms with E-state index in [-0.39, 0.29) is 23.0 Å². The van der Waals surface area contributed by atoms with Crippen LogP contribution >= 0.6 is 23.2 Å². The average molecular weight is 609 g/mol. The van der Waals surface area contributed by atoms with Crippen molar-refractivity contribution in [2.24, 2.45) is 5.92 Å². The Morgan fingerprint density at radius 2 is 1.57 bits per heavy atom. The Balaban J connectivity index is 2.03. The molecule has 2 amide bonds. The topological polar surface area (TPSA) is 86.8 Å². The monoisotopic (exact) mass is 607 g/mol. The van der Waals surface area contributed by atoms with Crippen molar-refractivity contribution in [3.05, 3.63) is 93.7 Å². The summed E-state index contributed by atoms with van der Waals surface area (Å²) < 4.78 is 42.0. The van der Waals surface area contributed by atoms with Crippen molar-refractivity contribution in [3.8, 4) is 0 Å². The van der Waals surface area contributed by atoms with Gasteiger partial charge in [-0.15, -0.1) is 0 Å². The third-order valence-electron chi connectivity index (χ3n) is 6.21. The maximum atomic E-state index is 13.9. The van der Waals surface area contributed by atoms with Gasteiger partial charge in [0.15, 0.2) is 0 Å². The van der Waals surface area contributed by atoms with E-state index < -0.39 is 40.2 Å². The first-order chi connectivity index (χ1) is 18.8. The maximum Gasteiger partial charge on any atom is 0.264 e. The van der Waals surface area contributed by atoms with Crippen LogP contribution in [0.5, 0.6) is 0 Å². The molecule has 0 aromatic heterocycles. The number of nitrogens with one attached hydrogen (secondary N) is 1. The van der Waals surface area contributed by atoms with Crippen molar-refractivity contribution in [2.45, 2.75) is 45.2 Å². The number of aryl methyl sites for hydroxylation is 1. The molecule has 0 heterocycles. The highest BCUT2D eigenvalue weighted by Crippen LogP contribution is 2.27. The van der Waals surface area contributed by atoms with Crippen molar-refractivity contribution < 1.29 is 22.4 Å². The number of carbonyl (C=O) groups excluding carboxylic acids is 2. The summed E-state index contributed by atoms with van der Waals surface area (Å²) >= 11 is 12.4. The standard InChI is InChI=1S/C29H32Cl2FN3O4S/c1-19(2)16-33-29(37)21(4)34(17-22-7-8-23(30)15-27(22)31)28(36)18-35(25-11-5-20(3)6-12-25)40(38,39)26-13-9-24(32)10-14-26/h5-15,19,21H,16-18H2,1-4H3,(H,33,37)/t21-/m0/s1. The zero-order valence-electron chi connectivity index (χ0n) is 22.7. The average Bonchev–Trinajstić information content (AvgIpc) is 2.90. The molecule has 7 nitrogen and oxygen atoms in total. The number of halogens is 3. The van der Waals surface area contributed by atoms with E-state index in [1.54, 1.807) is 43.3 Å². The van der Waals surface area contributed by atoms with E-state index in [4.69, 9.17) is 23.2 Å². The Bertz CT molecular complexity index is 1450. The minimum atomic E-state index is -4.29. The van der Waals surface area contributed by atoms with Gasteiger partial charge in [-0.05, 0) is 73.9 Å². The Kier molecular flexibility index (Phi) is 10.6. The first-order valence-corrected chi connectivity index (χ1v) is 14.8. The number of benzene rings is 3. The van der Waals surface area contributed by atoms with Gasteiger partial charge in [-0.1, -0.05) is 60.8 Å². The lowest BCUT2D eigenvalue weighted by atomic mass is 10.1. The molecule has 0 aliphatic rings. The maximum absolute atomic E-state index is 13.9. The van der Waals surface area contributed by atoms with Gasteiger partial charge in [-0.3, -0.25) is 13.9 Å². The van der Waals surface area contributed by atoms with E-state index in [1.807, 2.05) is 20.8 Å². The molecule has 3 rings (SSSR count). The number of hydrogen-bond donors (Lipinski definition) is 1. The second-order valence-corrected chi connectivity index (χ2v) is 12.6. The van der Waals surface area contributed by atoms with Crippen molar-refractivity contribution in [3.63, 3.8) is 0 Å². The highest BCUT2D eigenvalue weighted by Gasteiger charge is 2.33. The molecule has 1 N–H and O–H groups in total. The Morgan fingerprint density at radius 3 is 2.15 bits per heavy atom. The van der Waals surface area contributed by atoms with Crippen LogP contribution in [0, 0.1) is 18.7 Å². The van der Waals surface area contributed by atoms with Gasteiger partial charge < -0.3 is 10.2 Å². The quantitative estimate of drug-likeness (QED) is 0.297. The van der Waals surface area contributed by atoms with E-state index in [9.17, 15) is 22.4 Å². The summed E-state index contributed by atoms with van der Waals surface area (Å²) in [5, 5.41) is 3.53. The van der Waals surface area contributed by atoms with Gasteiger partial charge in [0.05, 0.1) is 10.6 Å². The van der Waals surface area contributed by atoms with E-state index in [0.717, 1.165) is 34.1 Å². The zero-order valence-corrected chi connectivity index (χ0v) is 25.0. The fourth-order valence-electron chi connectivity index (χ4n) is 3.84. The smallest absolute Gasteiger partial charge is 0.264 e. The Hall–Kier alpha value is -3.14. The van der Waals surface area contributed by atoms with Gasteiger partial charge >= 0.3 is 0 Å². The first-order valence-electron chi connectivity index (χ1n) is 12.7. The summed E-state index contributed by atoms with van der Waals surface area (Å²) in [5.74, 6) is -1.44. The molecule has 0 unspecified atom stereocenters. The largest absolute Gasteiger partial charge is 0.354 e. The van der Waals surface area contributed by atoms with Gasteiger partial charge in [0.25, 0.3) is 10.0 Å². The second kappa shape index (κ2) is 13.5. The van der Waals surface area contributed by atoms with Crippen LogP contribution in [-0.4, -0.2) is 44.3 Å². The lowest BCUT2D eigenvalue weighted by molar-refractivity contribution is -0.139. The minimum absolute atomic E-state index is 0.0660. The molecule has 1 atom stereocenters. The predicted molar refractivity (Wildman–Crippen MR) is 156 cm³/mol. The van der Waals surface area contributed by atoms with E-state index in [0.29, 0.717) is 22.2 Å². The van der Waals surface area contributed by atoms with Crippen molar-refractivity contribution >= 4 is 50.7 Å². The number of amides is 2. The van der Waals surface area contributed by atoms with Crippen LogP contribution in [0.2, 0.25) is 10.0 Å². The van der Waals surface area contributed by atoms with Crippen LogP contribution in [0.3, 0.4) is 0 Å². The molecule has 0 radical (unpaired) electrons. The third kappa shape index (κ3) is 7.96. The molecule has 3 aromatic rings. The molecule has 40 heavy (non-hydrogen) atoms. The molecule has 214 valence electrons. The molecule has 0 saturated heterocycles. The van der Waals surface area contributed by atoms with E-state index in [2.05, 4.69) is 5.32 Å². The molecule has 0 fully saturated rings. The minimum Gasteiger partial charge on any atom is -0.354 e. The molecule has 0 aliphatic carbocycles. The van der Waals surface area contributed by atoms with Gasteiger partial charge in [0.1, 0.15) is 18.4 Å². The lowest BCUT2D eigenvalue weighted by Crippen LogP contribution is -2.51. The molecule has 0 aliphatic heterocycles. The SMILES string of the molecule is Cc1ccc(N(CC(=O)N(Cc2ccc(Cl)cc2Cl)[C@@H](C)C(=O)NCC(C)C)S(=O)(=O)c2ccc(F)cc2)cc1. The summed E-state index contributed by atoms with van der Waals surface area (Å²) in [4.78, 5) is 28.0. The molecule has 0 bridgehead atoms. The van der Waals surface area contributed by atoms with Crippen molar-refractivity contribution in [1.82, 2.24) is 10.2 Å². The van der Waals surface area contributed by atoms with Crippen LogP contribution < -0.4 is 9.62 Å². The summed E-state index contributed by atoms with van der Waals surface area (Å²) in [7, 11) is -4.29. The van der Waals surface area contributed by atoms with Crippen LogP contribution in [0.15, 0.2) is 71.6 Å². The summed E-state index contributed by atoms with van der Waals surface area (Å²) in [6, 6.07) is 14.8. The number of sulfonamides is 1. The third-order valence-corrected chi connectivity index (χ3v) is 8.59. The van der Waals surface area contributed by atoms with Gasteiger partial charge in [0.2, 0.25) is 11.8 Å². The molecular weight excluding hydrogens is 576 g/mol. The molecular formula is C29H32Cl2FN3O4S. The molecule has 3 aromatic carbocycles. The predicted octanol–water partition coefficient (Wildman–Crippen LogP) is 5.83. The van der Waals surface area contributed by atoms with E-state index >= 15 is 0 Å². The Morgan fingerprint density at radius 1 is 0.950 bits per heavy atom. The zero-order chi connectivity index (χ0) is 29.6. The molecule has 11 heteroatoms. The highest BCUT2D eigenvalue weighted by atomic mass is 35.5. The number of anilines is 1. The van der Waals surface area contributed by atoms with Crippen LogP contribution in [-0.2, 0) is 26.2 Å². The number of carbonyl (C=O) groups is 2. The van der Waals surface area contributed by atoms with Gasteiger partial charge in [0, 0.05) is 23.1 Å². The van der Waals surface area contributed by atoms with Crippen LogP contribution in [0.4, 0.5) is 10.1 Å². The highest BCUT2D eigenvalue weighted by molar-refractivity contribution is 7.92. The Labute approximate surface area is 244 Å². The molecule has 0 spiro atoms.